The molecule has 8 heterocycles. The van der Waals surface area contributed by atoms with Crippen LogP contribution >= 0.6 is 0 Å². The highest BCUT2D eigenvalue weighted by atomic mass is 19.1. The lowest BCUT2D eigenvalue weighted by atomic mass is 9.96. The number of hydrogen-bond donors (Lipinski definition) is 0. The summed E-state index contributed by atoms with van der Waals surface area (Å²) >= 11 is 0. The van der Waals surface area contributed by atoms with E-state index in [4.69, 9.17) is 0 Å². The second kappa shape index (κ2) is 38.4. The molecule has 0 N–H and O–H groups in total. The van der Waals surface area contributed by atoms with Gasteiger partial charge in [-0.05, 0) is 295 Å². The number of rotatable bonds is 4. The summed E-state index contributed by atoms with van der Waals surface area (Å²) in [6, 6.07) is 123. The average molecular weight is 1680 g/mol. The number of para-hydroxylation sites is 3. The minimum absolute atomic E-state index is 0.212. The lowest BCUT2D eigenvalue weighted by Crippen LogP contribution is -1.93. The Morgan fingerprint density at radius 3 is 0.946 bits per heavy atom. The van der Waals surface area contributed by atoms with Crippen LogP contribution in [0.5, 0.6) is 0 Å². The molecule has 23 rings (SSSR count). The molecule has 0 saturated carbocycles. The van der Waals surface area contributed by atoms with Gasteiger partial charge in [-0.1, -0.05) is 233 Å². The topological polar surface area (TPSA) is 63.3 Å². The number of halogens is 1. The summed E-state index contributed by atoms with van der Waals surface area (Å²) in [7, 11) is 4.25. The maximum atomic E-state index is 13.3. The van der Waals surface area contributed by atoms with Crippen molar-refractivity contribution in [1.29, 1.82) is 0 Å². The summed E-state index contributed by atoms with van der Waals surface area (Å²) in [5.74, 6) is -0.212. The molecule has 0 saturated heterocycles. The number of hydrogen-bond acceptors (Lipinski definition) is 3. The van der Waals surface area contributed by atoms with Gasteiger partial charge in [-0.3, -0.25) is 15.0 Å². The average Bonchev–Trinajstić information content (AvgIpc) is 1.61. The molecular weight excluding hydrogens is 1570 g/mol. The largest absolute Gasteiger partial charge is 0.344 e. The minimum Gasteiger partial charge on any atom is -0.344 e. The van der Waals surface area contributed by atoms with Crippen molar-refractivity contribution in [3.05, 3.63) is 454 Å². The third-order valence-electron chi connectivity index (χ3n) is 24.1. The zero-order valence-electron chi connectivity index (χ0n) is 77.1. The Hall–Kier alpha value is -15.1. The Bertz CT molecular complexity index is 7630. The van der Waals surface area contributed by atoms with Gasteiger partial charge in [0.1, 0.15) is 5.82 Å². The number of pyridine rings is 3. The molecule has 0 unspecified atom stereocenters. The molecule has 23 aromatic rings. The maximum absolute atomic E-state index is 13.3. The predicted octanol–water partition coefficient (Wildman–Crippen LogP) is 31.8. The molecule has 0 spiro atoms. The van der Waals surface area contributed by atoms with Gasteiger partial charge < -0.3 is 22.8 Å². The zero-order valence-corrected chi connectivity index (χ0v) is 77.1. The molecule has 0 aliphatic heterocycles. The molecular formula is C120H111FN8. The number of benzene rings is 15. The second-order valence-electron chi connectivity index (χ2n) is 34.5. The fourth-order valence-corrected chi connectivity index (χ4v) is 17.9. The van der Waals surface area contributed by atoms with E-state index in [1.807, 2.05) is 76.5 Å². The summed E-state index contributed by atoms with van der Waals surface area (Å²) in [6.45, 7) is 31.5. The molecule has 0 atom stereocenters. The van der Waals surface area contributed by atoms with Crippen LogP contribution in [-0.4, -0.2) is 37.8 Å². The van der Waals surface area contributed by atoms with E-state index in [0.29, 0.717) is 0 Å². The number of fused-ring (bicyclic) bond motifs is 16. The Kier molecular flexibility index (Phi) is 26.0. The molecule has 0 aliphatic carbocycles. The summed E-state index contributed by atoms with van der Waals surface area (Å²) in [4.78, 5) is 12.8. The van der Waals surface area contributed by atoms with Crippen LogP contribution in [-0.2, 0) is 14.1 Å². The fraction of sp³-hybridized carbons (Fsp3) is 0.142. The van der Waals surface area contributed by atoms with Crippen LogP contribution in [0.2, 0.25) is 0 Å². The van der Waals surface area contributed by atoms with Crippen LogP contribution in [0.25, 0.3) is 148 Å². The van der Waals surface area contributed by atoms with Crippen molar-refractivity contribution >= 4 is 120 Å². The maximum Gasteiger partial charge on any atom is 0.123 e. The second-order valence-corrected chi connectivity index (χ2v) is 34.5. The first-order valence-electron chi connectivity index (χ1n) is 44.4. The highest BCUT2D eigenvalue weighted by molar-refractivity contribution is 6.13. The number of nitrogens with zero attached hydrogens (tertiary/aromatic N) is 8. The molecule has 15 aromatic carbocycles. The first-order valence-corrected chi connectivity index (χ1v) is 44.4. The van der Waals surface area contributed by atoms with Crippen LogP contribution in [0.3, 0.4) is 0 Å². The normalized spacial score (nSPS) is 11.0. The van der Waals surface area contributed by atoms with E-state index in [2.05, 4.69) is 431 Å². The van der Waals surface area contributed by atoms with Crippen molar-refractivity contribution < 1.29 is 4.39 Å². The molecule has 0 amide bonds. The SMILES string of the molecule is Cc1ccc(-n2c3ccc(C)cc3c3cc(C)ccc32)cc1.Cc1ccc2c(c1)c1cc(C)ccc1n2-c1ccc(F)cc1.Cc1ccc2c(c1)c1ccc(C)cc1n2-c1ccccc1.Cc1ccc2c(c1)c1ccccc1n2C.Cc1ccc2c3ccccc3n(C)c2c1.Cc1cccc(C)n1.Cc1cncc(C)c1.Cc1nc(C)c2ccccc2c1-c1ccccc1. The highest BCUT2D eigenvalue weighted by Crippen LogP contribution is 2.39. The van der Waals surface area contributed by atoms with E-state index in [1.165, 1.54) is 205 Å². The van der Waals surface area contributed by atoms with Gasteiger partial charge in [0.25, 0.3) is 0 Å². The number of aromatic nitrogens is 8. The standard InChI is InChI=1S/C21H19N.C20H16FN.C20H17N.C17H15N.2C14H13N.2C7H9N/c1-14-4-8-17(9-5-14)22-20-10-6-15(2)12-18(20)19-13-16(3)7-11-21(19)22;1-13-3-9-19-17(11-13)18-12-14(2)4-10-20(18)22(19)16-7-5-15(21)6-8-16;1-14-9-11-19-18(12-14)17-10-8-15(2)13-20(17)21(19)16-6-4-3-5-7-16;1-12-15-10-6-7-11-16(15)17(13(2)18-12)14-8-4-3-5-9-14;1-10-7-8-14-12(9-10)11-5-3-4-6-13(11)15(14)2;1-10-7-8-12-11-5-3-4-6-13(11)15(2)14(12)9-10;1-6-3-7(2)5-8-4-6;1-6-4-3-5-7(2)8-6/h4-13H,1-3H3;3-12H,1-2H3;3-13H,1-2H3;3-11H,1-2H3;2*3-9H,1-2H3;2*3-5H,1-2H3. The monoisotopic (exact) mass is 1680 g/mol. The summed E-state index contributed by atoms with van der Waals surface area (Å²) in [5, 5.41) is 15.7. The van der Waals surface area contributed by atoms with Gasteiger partial charge in [-0.2, -0.15) is 0 Å². The molecule has 129 heavy (non-hydrogen) atoms. The number of aryl methyl sites for hydroxylation is 17. The van der Waals surface area contributed by atoms with E-state index in [1.54, 1.807) is 0 Å². The Morgan fingerprint density at radius 1 is 0.202 bits per heavy atom. The minimum atomic E-state index is -0.212. The quantitative estimate of drug-likeness (QED) is 0.176. The molecule has 8 aromatic heterocycles. The van der Waals surface area contributed by atoms with Crippen LogP contribution in [0.15, 0.2) is 364 Å². The van der Waals surface area contributed by atoms with Gasteiger partial charge in [0.2, 0.25) is 0 Å². The van der Waals surface area contributed by atoms with Crippen molar-refractivity contribution in [3.63, 3.8) is 0 Å². The molecule has 0 bridgehead atoms. The summed E-state index contributed by atoms with van der Waals surface area (Å²) in [5.41, 5.74) is 37.0. The molecule has 8 nitrogen and oxygen atoms in total. The van der Waals surface area contributed by atoms with Crippen LogP contribution in [0.4, 0.5) is 4.39 Å². The third-order valence-corrected chi connectivity index (χ3v) is 24.1. The lowest BCUT2D eigenvalue weighted by Gasteiger charge is -2.12. The van der Waals surface area contributed by atoms with E-state index in [-0.39, 0.29) is 5.82 Å². The Morgan fingerprint density at radius 2 is 0.512 bits per heavy atom. The van der Waals surface area contributed by atoms with Gasteiger partial charge in [0, 0.05) is 153 Å². The van der Waals surface area contributed by atoms with E-state index in [9.17, 15) is 4.39 Å². The van der Waals surface area contributed by atoms with Crippen LogP contribution in [0, 0.1) is 110 Å². The van der Waals surface area contributed by atoms with Crippen LogP contribution in [0.1, 0.15) is 84.0 Å². The van der Waals surface area contributed by atoms with Crippen molar-refractivity contribution in [2.45, 2.75) is 104 Å². The van der Waals surface area contributed by atoms with Crippen molar-refractivity contribution in [2.24, 2.45) is 14.1 Å². The summed E-state index contributed by atoms with van der Waals surface area (Å²) < 4.78 is 24.7. The van der Waals surface area contributed by atoms with Crippen LogP contribution < -0.4 is 0 Å². The van der Waals surface area contributed by atoms with Gasteiger partial charge in [-0.15, -0.1) is 0 Å². The van der Waals surface area contributed by atoms with Gasteiger partial charge in [-0.25, -0.2) is 4.39 Å². The van der Waals surface area contributed by atoms with Crippen molar-refractivity contribution in [2.75, 3.05) is 0 Å². The first kappa shape index (κ1) is 87.4. The van der Waals surface area contributed by atoms with E-state index < -0.39 is 0 Å². The first-order chi connectivity index (χ1) is 62.4. The fourth-order valence-electron chi connectivity index (χ4n) is 17.9. The molecule has 0 aliphatic rings. The van der Waals surface area contributed by atoms with Gasteiger partial charge in [0.05, 0.1) is 33.1 Å². The molecule has 638 valence electrons. The van der Waals surface area contributed by atoms with Crippen molar-refractivity contribution in [3.8, 4) is 28.2 Å². The van der Waals surface area contributed by atoms with Crippen molar-refractivity contribution in [1.82, 2.24) is 37.8 Å². The molecule has 0 radical (unpaired) electrons. The highest BCUT2D eigenvalue weighted by Gasteiger charge is 2.18. The van der Waals surface area contributed by atoms with E-state index >= 15 is 0 Å². The molecule has 0 fully saturated rings. The lowest BCUT2D eigenvalue weighted by molar-refractivity contribution is 0.627. The predicted molar refractivity (Wildman–Crippen MR) is 550 cm³/mol. The van der Waals surface area contributed by atoms with Gasteiger partial charge in [0.15, 0.2) is 0 Å². The zero-order chi connectivity index (χ0) is 90.3. The van der Waals surface area contributed by atoms with E-state index in [0.717, 1.165) is 39.5 Å². The Labute approximate surface area is 757 Å². The smallest absolute Gasteiger partial charge is 0.123 e. The third kappa shape index (κ3) is 19.1. The summed E-state index contributed by atoms with van der Waals surface area (Å²) in [6.07, 6.45) is 3.71. The van der Waals surface area contributed by atoms with Gasteiger partial charge >= 0.3 is 0 Å². The Balaban J connectivity index is 0.000000110. The molecule has 9 heteroatoms.